The quantitative estimate of drug-likeness (QED) is 0.306. The zero-order chi connectivity index (χ0) is 25.5. The average molecular weight is 514 g/mol. The molecule has 3 amide bonds. The van der Waals surface area contributed by atoms with Crippen LogP contribution in [0, 0.1) is 6.92 Å². The van der Waals surface area contributed by atoms with Crippen molar-refractivity contribution in [2.75, 3.05) is 16.8 Å². The first kappa shape index (κ1) is 23.4. The molecule has 2 aliphatic heterocycles. The monoisotopic (exact) mass is 513 g/mol. The lowest BCUT2D eigenvalue weighted by atomic mass is 10.0. The van der Waals surface area contributed by atoms with Crippen LogP contribution in [0.4, 0.5) is 21.9 Å². The molecule has 188 valence electrons. The number of piperidine rings is 1. The van der Waals surface area contributed by atoms with E-state index in [4.69, 9.17) is 4.74 Å². The topological polar surface area (TPSA) is 95.6 Å². The zero-order valence-electron chi connectivity index (χ0n) is 20.6. The van der Waals surface area contributed by atoms with Gasteiger partial charge in [0.25, 0.3) is 5.91 Å². The highest BCUT2D eigenvalue weighted by atomic mass is 32.1. The molecule has 0 spiro atoms. The number of benzene rings is 2. The molecule has 0 radical (unpaired) electrons. The van der Waals surface area contributed by atoms with Gasteiger partial charge in [0.15, 0.2) is 0 Å². The van der Waals surface area contributed by atoms with Crippen molar-refractivity contribution in [2.24, 2.45) is 0 Å². The number of thiophene rings is 1. The van der Waals surface area contributed by atoms with Crippen LogP contribution < -0.4 is 25.6 Å². The molecule has 2 aromatic carbocycles. The van der Waals surface area contributed by atoms with Crippen molar-refractivity contribution < 1.29 is 14.3 Å². The van der Waals surface area contributed by atoms with E-state index in [1.54, 1.807) is 11.1 Å². The summed E-state index contributed by atoms with van der Waals surface area (Å²) in [6.45, 7) is 4.94. The summed E-state index contributed by atoms with van der Waals surface area (Å²) in [5.74, 6) is 1.26. The second-order valence-electron chi connectivity index (χ2n) is 9.50. The number of aromatic nitrogens is 1. The van der Waals surface area contributed by atoms with E-state index in [1.165, 1.54) is 11.3 Å². The van der Waals surface area contributed by atoms with E-state index in [0.717, 1.165) is 41.8 Å². The lowest BCUT2D eigenvalue weighted by Gasteiger charge is -2.30. The fraction of sp³-hybridized carbons (Fsp3) is 0.250. The van der Waals surface area contributed by atoms with Gasteiger partial charge in [-0.05, 0) is 75.2 Å². The third-order valence-corrected chi connectivity index (χ3v) is 7.90. The number of rotatable bonds is 5. The minimum Gasteiger partial charge on any atom is -0.457 e. The van der Waals surface area contributed by atoms with Crippen LogP contribution in [0.5, 0.6) is 11.5 Å². The fourth-order valence-electron chi connectivity index (χ4n) is 5.06. The Labute approximate surface area is 218 Å². The number of carbonyl (C=O) groups is 2. The molecule has 2 aromatic heterocycles. The molecule has 8 nitrogen and oxygen atoms in total. The van der Waals surface area contributed by atoms with Crippen molar-refractivity contribution in [1.82, 2.24) is 15.6 Å². The average Bonchev–Trinajstić information content (AvgIpc) is 3.25. The van der Waals surface area contributed by atoms with E-state index in [-0.39, 0.29) is 18.0 Å². The van der Waals surface area contributed by atoms with Gasteiger partial charge in [0.05, 0.1) is 22.4 Å². The molecule has 3 N–H and O–H groups in total. The number of hydrogen-bond donors (Lipinski definition) is 3. The molecule has 0 saturated carbocycles. The molecule has 1 unspecified atom stereocenters. The van der Waals surface area contributed by atoms with Crippen LogP contribution in [0.1, 0.15) is 35.0 Å². The maximum atomic E-state index is 13.5. The van der Waals surface area contributed by atoms with Gasteiger partial charge in [0, 0.05) is 18.3 Å². The number of nitrogens with one attached hydrogen (secondary N) is 3. The molecule has 1 saturated heterocycles. The highest BCUT2D eigenvalue weighted by Gasteiger charge is 2.34. The lowest BCUT2D eigenvalue weighted by Crippen LogP contribution is -2.46. The van der Waals surface area contributed by atoms with Crippen molar-refractivity contribution >= 4 is 50.6 Å². The Morgan fingerprint density at radius 2 is 1.97 bits per heavy atom. The van der Waals surface area contributed by atoms with Crippen molar-refractivity contribution in [3.63, 3.8) is 0 Å². The first-order valence-electron chi connectivity index (χ1n) is 12.4. The van der Waals surface area contributed by atoms with Crippen LogP contribution in [0.2, 0.25) is 0 Å². The third kappa shape index (κ3) is 4.41. The van der Waals surface area contributed by atoms with E-state index in [0.29, 0.717) is 32.9 Å². The van der Waals surface area contributed by atoms with Crippen molar-refractivity contribution in [3.05, 3.63) is 71.2 Å². The Balaban J connectivity index is 1.33. The van der Waals surface area contributed by atoms with Gasteiger partial charge in [-0.25, -0.2) is 9.78 Å². The maximum Gasteiger partial charge on any atom is 0.331 e. The molecular formula is C28H27N5O3S. The van der Waals surface area contributed by atoms with Crippen LogP contribution >= 0.6 is 11.3 Å². The summed E-state index contributed by atoms with van der Waals surface area (Å²) in [5.41, 5.74) is 2.85. The van der Waals surface area contributed by atoms with Crippen LogP contribution in [0.15, 0.2) is 60.8 Å². The number of amides is 3. The molecule has 0 aliphatic carbocycles. The first-order valence-corrected chi connectivity index (χ1v) is 13.2. The maximum absolute atomic E-state index is 13.5. The van der Waals surface area contributed by atoms with Crippen LogP contribution in [-0.2, 0) is 0 Å². The van der Waals surface area contributed by atoms with Gasteiger partial charge in [0.1, 0.15) is 21.2 Å². The SMILES string of the molecule is Cc1cc(Oc2ccccc2)ccc1N1C(=O)Nc2c(C(=O)N[C@@H]3CCNC(C)C3)sc3nccc1c23. The second kappa shape index (κ2) is 9.49. The fourth-order valence-corrected chi connectivity index (χ4v) is 6.09. The van der Waals surface area contributed by atoms with E-state index >= 15 is 0 Å². The number of para-hydroxylation sites is 1. The van der Waals surface area contributed by atoms with Gasteiger partial charge in [-0.1, -0.05) is 18.2 Å². The van der Waals surface area contributed by atoms with E-state index in [2.05, 4.69) is 27.9 Å². The molecule has 6 rings (SSSR count). The summed E-state index contributed by atoms with van der Waals surface area (Å²) in [6, 6.07) is 17.2. The van der Waals surface area contributed by atoms with Gasteiger partial charge >= 0.3 is 6.03 Å². The van der Waals surface area contributed by atoms with E-state index < -0.39 is 0 Å². The molecule has 4 heterocycles. The smallest absolute Gasteiger partial charge is 0.331 e. The van der Waals surface area contributed by atoms with Crippen molar-refractivity contribution in [1.29, 1.82) is 0 Å². The molecule has 2 aliphatic rings. The van der Waals surface area contributed by atoms with Gasteiger partial charge in [-0.3, -0.25) is 9.69 Å². The molecule has 9 heteroatoms. The summed E-state index contributed by atoms with van der Waals surface area (Å²) in [7, 11) is 0. The summed E-state index contributed by atoms with van der Waals surface area (Å²) in [5, 5.41) is 10.3. The number of hydrogen-bond acceptors (Lipinski definition) is 6. The number of anilines is 3. The summed E-state index contributed by atoms with van der Waals surface area (Å²) in [6.07, 6.45) is 3.43. The van der Waals surface area contributed by atoms with Crippen molar-refractivity contribution in [3.8, 4) is 11.5 Å². The van der Waals surface area contributed by atoms with Gasteiger partial charge in [-0.2, -0.15) is 0 Å². The predicted octanol–water partition coefficient (Wildman–Crippen LogP) is 5.95. The van der Waals surface area contributed by atoms with Crippen molar-refractivity contribution in [2.45, 2.75) is 38.8 Å². The Hall–Kier alpha value is -3.95. The normalized spacial score (nSPS) is 19.0. The van der Waals surface area contributed by atoms with Gasteiger partial charge in [-0.15, -0.1) is 11.3 Å². The number of carbonyl (C=O) groups excluding carboxylic acids is 2. The number of aryl methyl sites for hydroxylation is 1. The molecule has 2 atom stereocenters. The molecular weight excluding hydrogens is 486 g/mol. The summed E-state index contributed by atoms with van der Waals surface area (Å²) < 4.78 is 5.97. The Kier molecular flexibility index (Phi) is 6.02. The van der Waals surface area contributed by atoms with E-state index in [1.807, 2.05) is 61.5 Å². The Bertz CT molecular complexity index is 1500. The Morgan fingerprint density at radius 3 is 2.76 bits per heavy atom. The minimum atomic E-state index is -0.317. The van der Waals surface area contributed by atoms with Gasteiger partial charge < -0.3 is 20.7 Å². The molecule has 1 fully saturated rings. The number of urea groups is 1. The Morgan fingerprint density at radius 1 is 1.14 bits per heavy atom. The standard InChI is InChI=1S/C28H27N5O3S/c1-16-14-20(36-19-6-4-3-5-7-19)8-9-21(16)33-22-11-13-30-27-23(22)24(32-28(33)35)25(37-27)26(34)31-18-10-12-29-17(2)15-18/h3-9,11,13-14,17-18,29H,10,12,15H2,1-2H3,(H,31,34)(H,32,35)/t17?,18-/m1/s1. The molecule has 37 heavy (non-hydrogen) atoms. The van der Waals surface area contributed by atoms with Crippen LogP contribution in [0.25, 0.3) is 10.2 Å². The number of pyridine rings is 1. The van der Waals surface area contributed by atoms with Crippen LogP contribution in [0.3, 0.4) is 0 Å². The minimum absolute atomic E-state index is 0.101. The molecule has 4 aromatic rings. The highest BCUT2D eigenvalue weighted by Crippen LogP contribution is 2.46. The lowest BCUT2D eigenvalue weighted by molar-refractivity contribution is 0.0930. The third-order valence-electron chi connectivity index (χ3n) is 6.80. The summed E-state index contributed by atoms with van der Waals surface area (Å²) in [4.78, 5) is 34.1. The second-order valence-corrected chi connectivity index (χ2v) is 10.5. The number of ether oxygens (including phenoxy) is 1. The molecule has 0 bridgehead atoms. The summed E-state index contributed by atoms with van der Waals surface area (Å²) >= 11 is 1.31. The zero-order valence-corrected chi connectivity index (χ0v) is 21.4. The van der Waals surface area contributed by atoms with Crippen LogP contribution in [-0.4, -0.2) is 35.6 Å². The first-order chi connectivity index (χ1) is 18.0. The highest BCUT2D eigenvalue weighted by molar-refractivity contribution is 7.21. The number of nitrogens with zero attached hydrogens (tertiary/aromatic N) is 2. The predicted molar refractivity (Wildman–Crippen MR) is 146 cm³/mol. The van der Waals surface area contributed by atoms with Gasteiger partial charge in [0.2, 0.25) is 0 Å². The van der Waals surface area contributed by atoms with E-state index in [9.17, 15) is 9.59 Å². The largest absolute Gasteiger partial charge is 0.457 e.